The van der Waals surface area contributed by atoms with E-state index >= 15 is 0 Å². The molecule has 1 N–H and O–H groups in total. The summed E-state index contributed by atoms with van der Waals surface area (Å²) in [6, 6.07) is 40.6. The molecule has 0 saturated heterocycles. The van der Waals surface area contributed by atoms with E-state index < -0.39 is 6.16 Å². The van der Waals surface area contributed by atoms with Gasteiger partial charge < -0.3 is 19.1 Å². The quantitative estimate of drug-likeness (QED) is 0.151. The summed E-state index contributed by atoms with van der Waals surface area (Å²) in [5.74, 6) is 1.21. The lowest BCUT2D eigenvalue weighted by molar-refractivity contribution is 0.140. The third-order valence-corrected chi connectivity index (χ3v) is 7.22. The lowest BCUT2D eigenvalue weighted by Crippen LogP contribution is -2.11. The first kappa shape index (κ1) is 25.3. The first-order valence-corrected chi connectivity index (χ1v) is 13.4. The van der Waals surface area contributed by atoms with Crippen LogP contribution in [0.15, 0.2) is 121 Å². The number of para-hydroxylation sites is 1. The molecule has 1 aromatic heterocycles. The largest absolute Gasteiger partial charge is 0.512 e. The normalized spacial score (nSPS) is 11.1. The molecule has 0 fully saturated rings. The summed E-state index contributed by atoms with van der Waals surface area (Å²) in [7, 11) is 0. The molecule has 0 aliphatic heterocycles. The summed E-state index contributed by atoms with van der Waals surface area (Å²) in [5, 5.41) is 12.9. The molecule has 0 unspecified atom stereocenters. The van der Waals surface area contributed by atoms with Crippen LogP contribution in [0.1, 0.15) is 17.5 Å². The number of ether oxygens (including phenoxy) is 2. The summed E-state index contributed by atoms with van der Waals surface area (Å²) < 4.78 is 13.6. The first-order valence-electron chi connectivity index (χ1n) is 13.4. The standard InChI is InChI=1S/C35H29NO4/c37-35(38)40-34-31(20-11-23-39-33-22-10-16-26-14-4-7-18-29(26)33)30-19-8-9-21-32(30)36(34)24-27-15-5-6-17-28(27)25-12-2-1-3-13-25/h1-10,12-19,21-22H,11,20,23-24H2,(H,37,38). The average molecular weight is 528 g/mol. The zero-order valence-corrected chi connectivity index (χ0v) is 22.0. The predicted molar refractivity (Wildman–Crippen MR) is 159 cm³/mol. The molecule has 0 amide bonds. The molecule has 6 rings (SSSR count). The van der Waals surface area contributed by atoms with Crippen molar-refractivity contribution < 1.29 is 19.4 Å². The van der Waals surface area contributed by atoms with Gasteiger partial charge in [-0.15, -0.1) is 0 Å². The van der Waals surface area contributed by atoms with Gasteiger partial charge in [-0.1, -0.05) is 109 Å². The van der Waals surface area contributed by atoms with Crippen LogP contribution in [-0.2, 0) is 13.0 Å². The van der Waals surface area contributed by atoms with Gasteiger partial charge in [0.25, 0.3) is 0 Å². The van der Waals surface area contributed by atoms with Crippen LogP contribution >= 0.6 is 0 Å². The second-order valence-corrected chi connectivity index (χ2v) is 9.71. The molecule has 5 nitrogen and oxygen atoms in total. The van der Waals surface area contributed by atoms with E-state index in [2.05, 4.69) is 42.5 Å². The molecule has 1 heterocycles. The topological polar surface area (TPSA) is 60.7 Å². The van der Waals surface area contributed by atoms with Crippen LogP contribution < -0.4 is 9.47 Å². The summed E-state index contributed by atoms with van der Waals surface area (Å²) in [5.41, 5.74) is 5.10. The van der Waals surface area contributed by atoms with Crippen LogP contribution in [0.25, 0.3) is 32.8 Å². The summed E-state index contributed by atoms with van der Waals surface area (Å²) in [4.78, 5) is 11.9. The number of carbonyl (C=O) groups is 1. The molecule has 198 valence electrons. The van der Waals surface area contributed by atoms with Gasteiger partial charge in [0, 0.05) is 16.3 Å². The number of aromatic nitrogens is 1. The zero-order chi connectivity index (χ0) is 27.3. The number of fused-ring (bicyclic) bond motifs is 2. The van der Waals surface area contributed by atoms with Gasteiger partial charge in [0.2, 0.25) is 5.88 Å². The van der Waals surface area contributed by atoms with Gasteiger partial charge in [0.15, 0.2) is 0 Å². The van der Waals surface area contributed by atoms with Crippen LogP contribution in [0.5, 0.6) is 11.6 Å². The van der Waals surface area contributed by atoms with E-state index in [0.29, 0.717) is 31.9 Å². The van der Waals surface area contributed by atoms with Crippen molar-refractivity contribution in [3.05, 3.63) is 132 Å². The van der Waals surface area contributed by atoms with Crippen LogP contribution in [0.4, 0.5) is 4.79 Å². The lowest BCUT2D eigenvalue weighted by atomic mass is 10.00. The molecule has 0 bridgehead atoms. The third kappa shape index (κ3) is 5.14. The van der Waals surface area contributed by atoms with Crippen molar-refractivity contribution in [3.63, 3.8) is 0 Å². The third-order valence-electron chi connectivity index (χ3n) is 7.22. The van der Waals surface area contributed by atoms with Crippen molar-refractivity contribution in [2.45, 2.75) is 19.4 Å². The van der Waals surface area contributed by atoms with Gasteiger partial charge in [-0.2, -0.15) is 0 Å². The molecule has 0 spiro atoms. The van der Waals surface area contributed by atoms with Crippen molar-refractivity contribution in [2.75, 3.05) is 6.61 Å². The van der Waals surface area contributed by atoms with E-state index in [9.17, 15) is 9.90 Å². The van der Waals surface area contributed by atoms with E-state index in [4.69, 9.17) is 9.47 Å². The van der Waals surface area contributed by atoms with Crippen LogP contribution in [0, 0.1) is 0 Å². The minimum Gasteiger partial charge on any atom is -0.493 e. The van der Waals surface area contributed by atoms with Crippen molar-refractivity contribution in [1.82, 2.24) is 4.57 Å². The molecule has 0 radical (unpaired) electrons. The Balaban J connectivity index is 1.31. The van der Waals surface area contributed by atoms with E-state index in [1.807, 2.05) is 83.4 Å². The number of aryl methyl sites for hydroxylation is 1. The highest BCUT2D eigenvalue weighted by molar-refractivity contribution is 5.89. The zero-order valence-electron chi connectivity index (χ0n) is 22.0. The van der Waals surface area contributed by atoms with Gasteiger partial charge in [-0.05, 0) is 47.1 Å². The minimum absolute atomic E-state index is 0.363. The Morgan fingerprint density at radius 1 is 0.725 bits per heavy atom. The Morgan fingerprint density at radius 3 is 2.27 bits per heavy atom. The van der Waals surface area contributed by atoms with Crippen LogP contribution in [0.2, 0.25) is 0 Å². The second kappa shape index (κ2) is 11.4. The number of hydrogen-bond donors (Lipinski definition) is 1. The molecule has 40 heavy (non-hydrogen) atoms. The molecule has 5 aromatic carbocycles. The number of nitrogens with zero attached hydrogens (tertiary/aromatic N) is 1. The van der Waals surface area contributed by atoms with Crippen LogP contribution in [0.3, 0.4) is 0 Å². The van der Waals surface area contributed by atoms with Gasteiger partial charge in [0.1, 0.15) is 5.75 Å². The van der Waals surface area contributed by atoms with E-state index in [1.54, 1.807) is 0 Å². The van der Waals surface area contributed by atoms with E-state index in [0.717, 1.165) is 49.7 Å². The summed E-state index contributed by atoms with van der Waals surface area (Å²) in [6.45, 7) is 0.970. The van der Waals surface area contributed by atoms with Crippen LogP contribution in [-0.4, -0.2) is 22.4 Å². The maximum Gasteiger partial charge on any atom is 0.512 e. The maximum atomic E-state index is 11.9. The van der Waals surface area contributed by atoms with Gasteiger partial charge in [-0.25, -0.2) is 4.79 Å². The molecule has 0 aliphatic carbocycles. The Labute approximate surface area is 232 Å². The van der Waals surface area contributed by atoms with Crippen molar-refractivity contribution in [2.24, 2.45) is 0 Å². The fraction of sp³-hybridized carbons (Fsp3) is 0.114. The highest BCUT2D eigenvalue weighted by Crippen LogP contribution is 2.36. The predicted octanol–water partition coefficient (Wildman–Crippen LogP) is 8.58. The fourth-order valence-electron chi connectivity index (χ4n) is 5.43. The van der Waals surface area contributed by atoms with Gasteiger partial charge in [-0.3, -0.25) is 0 Å². The number of hydrogen-bond acceptors (Lipinski definition) is 3. The number of carboxylic acid groups (broad SMARTS) is 1. The molecule has 5 heteroatoms. The van der Waals surface area contributed by atoms with Gasteiger partial charge in [0.05, 0.1) is 18.7 Å². The second-order valence-electron chi connectivity index (χ2n) is 9.71. The number of rotatable bonds is 9. The Hall–Kier alpha value is -5.03. The molecule has 0 saturated carbocycles. The first-order chi connectivity index (χ1) is 19.7. The average Bonchev–Trinajstić information content (AvgIpc) is 3.27. The molecule has 6 aromatic rings. The summed E-state index contributed by atoms with van der Waals surface area (Å²) >= 11 is 0. The Kier molecular flexibility index (Phi) is 7.18. The van der Waals surface area contributed by atoms with E-state index in [-0.39, 0.29) is 0 Å². The maximum absolute atomic E-state index is 11.9. The highest BCUT2D eigenvalue weighted by Gasteiger charge is 2.21. The Morgan fingerprint density at radius 2 is 1.43 bits per heavy atom. The smallest absolute Gasteiger partial charge is 0.493 e. The highest BCUT2D eigenvalue weighted by atomic mass is 16.7. The van der Waals surface area contributed by atoms with E-state index in [1.165, 1.54) is 0 Å². The van der Waals surface area contributed by atoms with Crippen molar-refractivity contribution in [1.29, 1.82) is 0 Å². The van der Waals surface area contributed by atoms with Crippen molar-refractivity contribution in [3.8, 4) is 22.8 Å². The molecule has 0 atom stereocenters. The monoisotopic (exact) mass is 527 g/mol. The molecule has 0 aliphatic rings. The number of benzene rings is 5. The van der Waals surface area contributed by atoms with Gasteiger partial charge >= 0.3 is 6.16 Å². The minimum atomic E-state index is -1.33. The summed E-state index contributed by atoms with van der Waals surface area (Å²) in [6.07, 6.45) is -0.0108. The lowest BCUT2D eigenvalue weighted by Gasteiger charge is -2.14. The SMILES string of the molecule is O=C(O)Oc1c(CCCOc2cccc3ccccc23)c2ccccc2n1Cc1ccccc1-c1ccccc1. The van der Waals surface area contributed by atoms with Crippen molar-refractivity contribution >= 4 is 27.8 Å². The Bertz CT molecular complexity index is 1780. The fourth-order valence-corrected chi connectivity index (χ4v) is 5.43. The molecular formula is C35H29NO4. The molecular weight excluding hydrogens is 498 g/mol.